The zero-order valence-corrected chi connectivity index (χ0v) is 12.6. The van der Waals surface area contributed by atoms with Crippen molar-refractivity contribution in [2.75, 3.05) is 27.9 Å². The molecule has 0 spiro atoms. The number of rotatable bonds is 7. The van der Waals surface area contributed by atoms with Gasteiger partial charge in [0.1, 0.15) is 5.75 Å². The van der Waals surface area contributed by atoms with E-state index in [1.807, 2.05) is 19.1 Å². The summed E-state index contributed by atoms with van der Waals surface area (Å²) >= 11 is 0. The smallest absolute Gasteiger partial charge is 0.118 e. The molecule has 1 aromatic rings. The predicted octanol–water partition coefficient (Wildman–Crippen LogP) is 2.05. The van der Waals surface area contributed by atoms with E-state index in [0.717, 1.165) is 5.75 Å². The highest BCUT2D eigenvalue weighted by Gasteiger charge is 2.24. The standard InChI is InChI=1S/C15H26N2O2/c1-11(10-18-4)17(3)15(12(2)16)13-6-8-14(19-5)9-7-13/h6-9,11-12,15H,10,16H2,1-5H3. The topological polar surface area (TPSA) is 47.7 Å². The highest BCUT2D eigenvalue weighted by Crippen LogP contribution is 2.26. The molecule has 108 valence electrons. The first-order valence-electron chi connectivity index (χ1n) is 6.61. The molecular formula is C15H26N2O2. The fraction of sp³-hybridized carbons (Fsp3) is 0.600. The highest BCUT2D eigenvalue weighted by atomic mass is 16.5. The molecule has 0 heterocycles. The molecule has 0 fully saturated rings. The van der Waals surface area contributed by atoms with Crippen LogP contribution in [0, 0.1) is 0 Å². The van der Waals surface area contributed by atoms with E-state index in [-0.39, 0.29) is 12.1 Å². The lowest BCUT2D eigenvalue weighted by Gasteiger charge is -2.35. The summed E-state index contributed by atoms with van der Waals surface area (Å²) in [6.45, 7) is 4.86. The largest absolute Gasteiger partial charge is 0.497 e. The Morgan fingerprint density at radius 3 is 2.16 bits per heavy atom. The monoisotopic (exact) mass is 266 g/mol. The number of methoxy groups -OCH3 is 2. The number of nitrogens with two attached hydrogens (primary N) is 1. The zero-order chi connectivity index (χ0) is 14.4. The van der Waals surface area contributed by atoms with Gasteiger partial charge in [0.05, 0.1) is 13.7 Å². The molecule has 0 aromatic heterocycles. The van der Waals surface area contributed by atoms with Crippen molar-refractivity contribution < 1.29 is 9.47 Å². The fourth-order valence-electron chi connectivity index (χ4n) is 2.34. The van der Waals surface area contributed by atoms with E-state index in [0.29, 0.717) is 12.6 Å². The van der Waals surface area contributed by atoms with Crippen molar-refractivity contribution in [2.45, 2.75) is 32.0 Å². The average Bonchev–Trinajstić information content (AvgIpc) is 2.39. The normalized spacial score (nSPS) is 16.2. The number of nitrogens with zero attached hydrogens (tertiary/aromatic N) is 1. The van der Waals surface area contributed by atoms with Gasteiger partial charge in [0, 0.05) is 25.2 Å². The molecule has 0 amide bonds. The summed E-state index contributed by atoms with van der Waals surface area (Å²) in [4.78, 5) is 2.26. The summed E-state index contributed by atoms with van der Waals surface area (Å²) in [5, 5.41) is 0. The molecule has 0 saturated heterocycles. The minimum absolute atomic E-state index is 0.0395. The number of likely N-dealkylation sites (N-methyl/N-ethyl adjacent to an activating group) is 1. The summed E-state index contributed by atoms with van der Waals surface area (Å²) in [6, 6.07) is 8.60. The van der Waals surface area contributed by atoms with Crippen molar-refractivity contribution in [1.29, 1.82) is 0 Å². The molecule has 19 heavy (non-hydrogen) atoms. The lowest BCUT2D eigenvalue weighted by molar-refractivity contribution is 0.0819. The van der Waals surface area contributed by atoms with Crippen LogP contribution < -0.4 is 10.5 Å². The summed E-state index contributed by atoms with van der Waals surface area (Å²) in [7, 11) is 5.48. The van der Waals surface area contributed by atoms with Gasteiger partial charge >= 0.3 is 0 Å². The first-order valence-corrected chi connectivity index (χ1v) is 6.61. The van der Waals surface area contributed by atoms with Gasteiger partial charge in [0.15, 0.2) is 0 Å². The second kappa shape index (κ2) is 7.48. The Morgan fingerprint density at radius 2 is 1.74 bits per heavy atom. The van der Waals surface area contributed by atoms with Gasteiger partial charge < -0.3 is 15.2 Å². The zero-order valence-electron chi connectivity index (χ0n) is 12.6. The van der Waals surface area contributed by atoms with Crippen LogP contribution in [0.2, 0.25) is 0 Å². The molecule has 3 atom stereocenters. The lowest BCUT2D eigenvalue weighted by Crippen LogP contribution is -2.43. The van der Waals surface area contributed by atoms with Crippen molar-refractivity contribution >= 4 is 0 Å². The van der Waals surface area contributed by atoms with Crippen molar-refractivity contribution in [3.05, 3.63) is 29.8 Å². The minimum Gasteiger partial charge on any atom is -0.497 e. The van der Waals surface area contributed by atoms with E-state index < -0.39 is 0 Å². The van der Waals surface area contributed by atoms with E-state index >= 15 is 0 Å². The second-order valence-electron chi connectivity index (χ2n) is 5.05. The maximum absolute atomic E-state index is 6.16. The third-order valence-electron chi connectivity index (χ3n) is 3.50. The molecule has 0 aliphatic heterocycles. The van der Waals surface area contributed by atoms with Crippen molar-refractivity contribution in [2.24, 2.45) is 5.73 Å². The number of hydrogen-bond donors (Lipinski definition) is 1. The minimum atomic E-state index is 0.0395. The van der Waals surface area contributed by atoms with Crippen LogP contribution in [0.3, 0.4) is 0 Å². The molecule has 0 aliphatic carbocycles. The summed E-state index contributed by atoms with van der Waals surface area (Å²) in [5.41, 5.74) is 7.36. The molecular weight excluding hydrogens is 240 g/mol. The molecule has 4 nitrogen and oxygen atoms in total. The second-order valence-corrected chi connectivity index (χ2v) is 5.05. The Hall–Kier alpha value is -1.10. The SMILES string of the molecule is COCC(C)N(C)C(c1ccc(OC)cc1)C(C)N. The van der Waals surface area contributed by atoms with Gasteiger partial charge in [0.2, 0.25) is 0 Å². The molecule has 0 bridgehead atoms. The number of hydrogen-bond acceptors (Lipinski definition) is 4. The molecule has 3 unspecified atom stereocenters. The van der Waals surface area contributed by atoms with Gasteiger partial charge in [-0.1, -0.05) is 12.1 Å². The van der Waals surface area contributed by atoms with E-state index in [9.17, 15) is 0 Å². The molecule has 2 N–H and O–H groups in total. The van der Waals surface area contributed by atoms with Crippen LogP contribution in [0.5, 0.6) is 5.75 Å². The van der Waals surface area contributed by atoms with E-state index in [1.54, 1.807) is 14.2 Å². The van der Waals surface area contributed by atoms with Crippen LogP contribution in [-0.2, 0) is 4.74 Å². The van der Waals surface area contributed by atoms with Crippen LogP contribution in [0.15, 0.2) is 24.3 Å². The van der Waals surface area contributed by atoms with Crippen molar-refractivity contribution in [3.63, 3.8) is 0 Å². The van der Waals surface area contributed by atoms with Gasteiger partial charge in [-0.25, -0.2) is 0 Å². The van der Waals surface area contributed by atoms with E-state index in [2.05, 4.69) is 31.0 Å². The first-order chi connectivity index (χ1) is 9.01. The Balaban J connectivity index is 2.92. The van der Waals surface area contributed by atoms with Gasteiger partial charge in [-0.3, -0.25) is 4.90 Å². The van der Waals surface area contributed by atoms with Gasteiger partial charge in [-0.2, -0.15) is 0 Å². The number of ether oxygens (including phenoxy) is 2. The van der Waals surface area contributed by atoms with Crippen molar-refractivity contribution in [1.82, 2.24) is 4.90 Å². The van der Waals surface area contributed by atoms with Crippen molar-refractivity contribution in [3.8, 4) is 5.75 Å². The molecule has 1 rings (SSSR count). The molecule has 0 radical (unpaired) electrons. The average molecular weight is 266 g/mol. The summed E-state index contributed by atoms with van der Waals surface area (Å²) < 4.78 is 10.4. The predicted molar refractivity (Wildman–Crippen MR) is 78.5 cm³/mol. The van der Waals surface area contributed by atoms with Crippen LogP contribution in [0.1, 0.15) is 25.5 Å². The third-order valence-corrected chi connectivity index (χ3v) is 3.50. The van der Waals surface area contributed by atoms with Gasteiger partial charge in [-0.15, -0.1) is 0 Å². The molecule has 1 aromatic carbocycles. The fourth-order valence-corrected chi connectivity index (χ4v) is 2.34. The Kier molecular flexibility index (Phi) is 6.28. The molecule has 4 heteroatoms. The van der Waals surface area contributed by atoms with Gasteiger partial charge in [0.25, 0.3) is 0 Å². The first kappa shape index (κ1) is 16.0. The Morgan fingerprint density at radius 1 is 1.16 bits per heavy atom. The van der Waals surface area contributed by atoms with E-state index in [4.69, 9.17) is 15.2 Å². The Bertz CT molecular complexity index is 365. The summed E-state index contributed by atoms with van der Waals surface area (Å²) in [5.74, 6) is 0.861. The molecule has 0 saturated carbocycles. The summed E-state index contributed by atoms with van der Waals surface area (Å²) in [6.07, 6.45) is 0. The Labute approximate surface area is 116 Å². The maximum Gasteiger partial charge on any atom is 0.118 e. The van der Waals surface area contributed by atoms with Crippen LogP contribution >= 0.6 is 0 Å². The lowest BCUT2D eigenvalue weighted by atomic mass is 9.98. The quantitative estimate of drug-likeness (QED) is 0.820. The number of benzene rings is 1. The van der Waals surface area contributed by atoms with Crippen LogP contribution in [0.25, 0.3) is 0 Å². The van der Waals surface area contributed by atoms with E-state index in [1.165, 1.54) is 5.56 Å². The third kappa shape index (κ3) is 4.20. The highest BCUT2D eigenvalue weighted by molar-refractivity contribution is 5.30. The maximum atomic E-state index is 6.16. The van der Waals surface area contributed by atoms with Gasteiger partial charge in [-0.05, 0) is 38.6 Å². The van der Waals surface area contributed by atoms with Crippen LogP contribution in [-0.4, -0.2) is 44.9 Å². The van der Waals surface area contributed by atoms with Crippen LogP contribution in [0.4, 0.5) is 0 Å². The molecule has 0 aliphatic rings.